The number of rotatable bonds is 1. The van der Waals surface area contributed by atoms with Gasteiger partial charge in [-0.05, 0) is 31.9 Å². The molecular weight excluding hydrogens is 211 g/mol. The smallest absolute Gasteiger partial charge is 0.744 e. The minimum absolute atomic E-state index is 0. The molecule has 0 spiro atoms. The zero-order valence-electron chi connectivity index (χ0n) is 8.79. The van der Waals surface area contributed by atoms with Crippen LogP contribution in [-0.4, -0.2) is 13.0 Å². The van der Waals surface area contributed by atoms with Crippen molar-refractivity contribution in [3.63, 3.8) is 0 Å². The van der Waals surface area contributed by atoms with E-state index >= 15 is 0 Å². The molecule has 0 aromatic heterocycles. The fraction of sp³-hybridized carbons (Fsp3) is 0.333. The van der Waals surface area contributed by atoms with Crippen molar-refractivity contribution in [1.82, 2.24) is 0 Å². The van der Waals surface area contributed by atoms with Gasteiger partial charge in [-0.15, -0.1) is 0 Å². The maximum Gasteiger partial charge on any atom is 1.00 e. The Morgan fingerprint density at radius 2 is 1.43 bits per heavy atom. The number of hydrogen-bond acceptors (Lipinski definition) is 3. The van der Waals surface area contributed by atoms with Gasteiger partial charge in [-0.3, -0.25) is 0 Å². The Labute approximate surface area is 107 Å². The molecule has 3 nitrogen and oxygen atoms in total. The molecule has 14 heavy (non-hydrogen) atoms. The fourth-order valence-electron chi connectivity index (χ4n) is 1.56. The zero-order valence-corrected chi connectivity index (χ0v) is 11.6. The molecule has 5 heteroatoms. The van der Waals surface area contributed by atoms with Gasteiger partial charge in [-0.25, -0.2) is 8.42 Å². The van der Waals surface area contributed by atoms with Crippen LogP contribution >= 0.6 is 0 Å². The largest absolute Gasteiger partial charge is 1.00 e. The van der Waals surface area contributed by atoms with Gasteiger partial charge in [0.1, 0.15) is 10.1 Å². The normalized spacial score (nSPS) is 10.9. The van der Waals surface area contributed by atoms with Crippen LogP contribution in [0.5, 0.6) is 0 Å². The van der Waals surface area contributed by atoms with E-state index in [2.05, 4.69) is 0 Å². The first kappa shape index (κ1) is 14.1. The molecule has 0 unspecified atom stereocenters. The van der Waals surface area contributed by atoms with Crippen molar-refractivity contribution < 1.29 is 42.5 Å². The molecule has 0 bridgehead atoms. The molecule has 0 aliphatic carbocycles. The van der Waals surface area contributed by atoms with E-state index in [1.165, 1.54) is 0 Å². The van der Waals surface area contributed by atoms with Gasteiger partial charge >= 0.3 is 29.6 Å². The standard InChI is InChI=1S/C9H12O3S.Na/c1-6-4-7(2)9(8(3)5-6)13(10,11)12;/h4-5H,1-3H3,(H,10,11,12);/q;+1/p-1. The third-order valence-corrected chi connectivity index (χ3v) is 3.00. The summed E-state index contributed by atoms with van der Waals surface area (Å²) in [7, 11) is -4.33. The molecule has 0 radical (unpaired) electrons. The van der Waals surface area contributed by atoms with E-state index in [4.69, 9.17) is 0 Å². The molecular formula is C9H11NaO3S. The van der Waals surface area contributed by atoms with Gasteiger partial charge in [0.15, 0.2) is 0 Å². The quantitative estimate of drug-likeness (QED) is 0.430. The van der Waals surface area contributed by atoms with Crippen molar-refractivity contribution in [2.75, 3.05) is 0 Å². The molecule has 0 saturated heterocycles. The van der Waals surface area contributed by atoms with Crippen LogP contribution in [-0.2, 0) is 10.1 Å². The minimum Gasteiger partial charge on any atom is -0.744 e. The summed E-state index contributed by atoms with van der Waals surface area (Å²) in [5.41, 5.74) is 2.00. The summed E-state index contributed by atoms with van der Waals surface area (Å²) in [6.45, 7) is 5.12. The van der Waals surface area contributed by atoms with Crippen molar-refractivity contribution in [3.8, 4) is 0 Å². The number of hydrogen-bond donors (Lipinski definition) is 0. The van der Waals surface area contributed by atoms with Gasteiger partial charge in [-0.2, -0.15) is 0 Å². The Bertz CT molecular complexity index is 414. The average molecular weight is 222 g/mol. The third-order valence-electron chi connectivity index (χ3n) is 1.85. The van der Waals surface area contributed by atoms with Gasteiger partial charge in [0.25, 0.3) is 0 Å². The second-order valence-electron chi connectivity index (χ2n) is 3.18. The van der Waals surface area contributed by atoms with Crippen molar-refractivity contribution in [2.24, 2.45) is 0 Å². The van der Waals surface area contributed by atoms with Gasteiger partial charge in [0.2, 0.25) is 0 Å². The molecule has 0 amide bonds. The molecule has 0 N–H and O–H groups in total. The van der Waals surface area contributed by atoms with Gasteiger partial charge in [0, 0.05) is 0 Å². The van der Waals surface area contributed by atoms with E-state index < -0.39 is 10.1 Å². The van der Waals surface area contributed by atoms with E-state index in [0.29, 0.717) is 11.1 Å². The average Bonchev–Trinajstić information content (AvgIpc) is 1.78. The van der Waals surface area contributed by atoms with Gasteiger partial charge in [-0.1, -0.05) is 17.7 Å². The van der Waals surface area contributed by atoms with Crippen LogP contribution in [0.25, 0.3) is 0 Å². The summed E-state index contributed by atoms with van der Waals surface area (Å²) in [6, 6.07) is 3.38. The van der Waals surface area contributed by atoms with E-state index in [1.54, 1.807) is 26.0 Å². The Balaban J connectivity index is 0.00000169. The summed E-state index contributed by atoms with van der Waals surface area (Å²) >= 11 is 0. The van der Waals surface area contributed by atoms with Gasteiger partial charge in [0.05, 0.1) is 4.90 Å². The topological polar surface area (TPSA) is 57.2 Å². The second kappa shape index (κ2) is 4.77. The van der Waals surface area contributed by atoms with Crippen LogP contribution in [0.15, 0.2) is 17.0 Å². The second-order valence-corrected chi connectivity index (χ2v) is 4.50. The van der Waals surface area contributed by atoms with Gasteiger partial charge < -0.3 is 4.55 Å². The maximum absolute atomic E-state index is 10.8. The summed E-state index contributed by atoms with van der Waals surface area (Å²) in [5.74, 6) is 0. The fourth-order valence-corrected chi connectivity index (χ4v) is 2.47. The van der Waals surface area contributed by atoms with Crippen molar-refractivity contribution >= 4 is 10.1 Å². The predicted octanol–water partition coefficient (Wildman–Crippen LogP) is -1.48. The summed E-state index contributed by atoms with van der Waals surface area (Å²) < 4.78 is 32.5. The molecule has 0 fully saturated rings. The third kappa shape index (κ3) is 3.07. The Morgan fingerprint density at radius 1 is 1.07 bits per heavy atom. The van der Waals surface area contributed by atoms with Crippen molar-refractivity contribution in [1.29, 1.82) is 0 Å². The van der Waals surface area contributed by atoms with Crippen LogP contribution in [0.2, 0.25) is 0 Å². The zero-order chi connectivity index (χ0) is 10.2. The minimum atomic E-state index is -4.33. The van der Waals surface area contributed by atoms with Crippen LogP contribution in [0.3, 0.4) is 0 Å². The van der Waals surface area contributed by atoms with Crippen LogP contribution in [0.1, 0.15) is 16.7 Å². The SMILES string of the molecule is Cc1cc(C)c(S(=O)(=O)[O-])c(C)c1.[Na+]. The van der Waals surface area contributed by atoms with Crippen molar-refractivity contribution in [2.45, 2.75) is 25.7 Å². The number of benzene rings is 1. The molecule has 1 aromatic carbocycles. The molecule has 72 valence electrons. The predicted molar refractivity (Wildman–Crippen MR) is 48.6 cm³/mol. The Kier molecular flexibility index (Phi) is 4.81. The molecule has 1 aromatic rings. The first-order valence-corrected chi connectivity index (χ1v) is 5.27. The molecule has 0 aliphatic heterocycles. The van der Waals surface area contributed by atoms with E-state index in [0.717, 1.165) is 5.56 Å². The monoisotopic (exact) mass is 222 g/mol. The van der Waals surface area contributed by atoms with Crippen LogP contribution in [0, 0.1) is 20.8 Å². The first-order valence-electron chi connectivity index (χ1n) is 3.86. The van der Waals surface area contributed by atoms with E-state index in [-0.39, 0.29) is 34.5 Å². The molecule has 0 atom stereocenters. The van der Waals surface area contributed by atoms with Crippen LogP contribution < -0.4 is 29.6 Å². The maximum atomic E-state index is 10.8. The summed E-state index contributed by atoms with van der Waals surface area (Å²) in [6.07, 6.45) is 0. The Hall–Kier alpha value is 0.130. The van der Waals surface area contributed by atoms with Crippen LogP contribution in [0.4, 0.5) is 0 Å². The number of aryl methyl sites for hydroxylation is 3. The van der Waals surface area contributed by atoms with E-state index in [1.807, 2.05) is 6.92 Å². The first-order chi connectivity index (χ1) is 5.82. The summed E-state index contributed by atoms with van der Waals surface area (Å²) in [5, 5.41) is 0. The summed E-state index contributed by atoms with van der Waals surface area (Å²) in [4.78, 5) is -0.0851. The Morgan fingerprint density at radius 3 is 1.71 bits per heavy atom. The molecule has 0 aliphatic rings. The van der Waals surface area contributed by atoms with E-state index in [9.17, 15) is 13.0 Å². The molecule has 0 heterocycles. The van der Waals surface area contributed by atoms with Crippen molar-refractivity contribution in [3.05, 3.63) is 28.8 Å². The molecule has 1 rings (SSSR count). The molecule has 0 saturated carbocycles.